The number of hydrogen-bond acceptors (Lipinski definition) is 6. The van der Waals surface area contributed by atoms with E-state index in [1.807, 2.05) is 0 Å². The molecule has 3 rings (SSSR count). The minimum atomic E-state index is -3.66. The third kappa shape index (κ3) is 4.30. The smallest absolute Gasteiger partial charge is 0.261 e. The van der Waals surface area contributed by atoms with Gasteiger partial charge in [0.05, 0.1) is 28.5 Å². The lowest BCUT2D eigenvalue weighted by Gasteiger charge is -2.16. The Labute approximate surface area is 146 Å². The van der Waals surface area contributed by atoms with Gasteiger partial charge in [0.25, 0.3) is 10.0 Å². The van der Waals surface area contributed by atoms with Crippen LogP contribution in [-0.2, 0) is 19.9 Å². The van der Waals surface area contributed by atoms with E-state index < -0.39 is 32.0 Å². The maximum absolute atomic E-state index is 12.3. The molecule has 3 N–H and O–H groups in total. The van der Waals surface area contributed by atoms with Crippen molar-refractivity contribution in [2.24, 2.45) is 0 Å². The molecule has 0 aliphatic carbocycles. The van der Waals surface area contributed by atoms with E-state index in [0.29, 0.717) is 11.4 Å². The summed E-state index contributed by atoms with van der Waals surface area (Å²) in [5.41, 5.74) is 0.984. The van der Waals surface area contributed by atoms with Crippen molar-refractivity contribution in [1.29, 1.82) is 0 Å². The van der Waals surface area contributed by atoms with Crippen LogP contribution in [0.2, 0.25) is 0 Å². The summed E-state index contributed by atoms with van der Waals surface area (Å²) in [6.07, 6.45) is -0.957. The van der Waals surface area contributed by atoms with E-state index >= 15 is 0 Å². The Bertz CT molecular complexity index is 942. The number of hydrogen-bond donors (Lipinski definition) is 3. The fraction of sp³-hybridized carbons (Fsp3) is 0.250. The Morgan fingerprint density at radius 2 is 1.52 bits per heavy atom. The van der Waals surface area contributed by atoms with Crippen molar-refractivity contribution in [2.45, 2.75) is 17.0 Å². The number of benzene rings is 2. The molecule has 7 nitrogen and oxygen atoms in total. The summed E-state index contributed by atoms with van der Waals surface area (Å²) in [4.78, 5) is 0.163. The maximum Gasteiger partial charge on any atom is 0.261 e. The first kappa shape index (κ1) is 17.7. The minimum absolute atomic E-state index is 0.128. The third-order valence-corrected chi connectivity index (χ3v) is 6.98. The highest BCUT2D eigenvalue weighted by Gasteiger charge is 2.36. The van der Waals surface area contributed by atoms with Crippen LogP contribution in [0.15, 0.2) is 59.5 Å². The lowest BCUT2D eigenvalue weighted by atomic mass is 10.2. The Kier molecular flexibility index (Phi) is 4.72. The van der Waals surface area contributed by atoms with Crippen molar-refractivity contribution < 1.29 is 21.9 Å². The first-order valence-electron chi connectivity index (χ1n) is 7.58. The Morgan fingerprint density at radius 3 is 2.08 bits per heavy atom. The highest BCUT2D eigenvalue weighted by Crippen LogP contribution is 2.21. The van der Waals surface area contributed by atoms with Crippen molar-refractivity contribution in [3.63, 3.8) is 0 Å². The topological polar surface area (TPSA) is 113 Å². The molecule has 1 aliphatic heterocycles. The highest BCUT2D eigenvalue weighted by molar-refractivity contribution is 7.92. The van der Waals surface area contributed by atoms with Gasteiger partial charge in [-0.05, 0) is 36.4 Å². The molecule has 2 atom stereocenters. The molecule has 2 aromatic rings. The van der Waals surface area contributed by atoms with Crippen molar-refractivity contribution in [3.8, 4) is 0 Å². The zero-order chi connectivity index (χ0) is 18.1. The molecule has 134 valence electrons. The molecule has 0 spiro atoms. The van der Waals surface area contributed by atoms with Gasteiger partial charge in [-0.2, -0.15) is 0 Å². The average Bonchev–Trinajstić information content (AvgIpc) is 2.82. The number of aliphatic hydroxyl groups is 1. The molecular formula is C16H18N2O5S2. The van der Waals surface area contributed by atoms with Gasteiger partial charge in [-0.15, -0.1) is 0 Å². The zero-order valence-electron chi connectivity index (χ0n) is 13.2. The molecule has 25 heavy (non-hydrogen) atoms. The van der Waals surface area contributed by atoms with E-state index in [2.05, 4.69) is 10.0 Å². The summed E-state index contributed by atoms with van der Waals surface area (Å²) in [6, 6.07) is 13.8. The fourth-order valence-corrected chi connectivity index (χ4v) is 5.45. The predicted molar refractivity (Wildman–Crippen MR) is 95.8 cm³/mol. The second-order valence-corrected chi connectivity index (χ2v) is 9.73. The van der Waals surface area contributed by atoms with Crippen LogP contribution in [0.25, 0.3) is 0 Å². The number of sulfonamides is 1. The van der Waals surface area contributed by atoms with Crippen molar-refractivity contribution >= 4 is 31.2 Å². The van der Waals surface area contributed by atoms with Crippen LogP contribution in [0, 0.1) is 0 Å². The fourth-order valence-electron chi connectivity index (χ4n) is 2.63. The maximum atomic E-state index is 12.3. The molecule has 0 aromatic heterocycles. The number of sulfone groups is 1. The standard InChI is InChI=1S/C16H18N2O5S2/c19-16-11-24(20,21)10-15(16)17-12-6-8-13(9-7-12)18-25(22,23)14-4-2-1-3-5-14/h1-9,15-19H,10-11H2/t15-,16+/m1/s1. The van der Waals surface area contributed by atoms with Gasteiger partial charge in [-0.3, -0.25) is 4.72 Å². The van der Waals surface area contributed by atoms with Crippen molar-refractivity contribution in [2.75, 3.05) is 21.5 Å². The molecule has 2 aromatic carbocycles. The summed E-state index contributed by atoms with van der Waals surface area (Å²) in [5.74, 6) is -0.379. The van der Waals surface area contributed by atoms with Gasteiger partial charge in [-0.1, -0.05) is 18.2 Å². The Balaban J connectivity index is 1.69. The van der Waals surface area contributed by atoms with Crippen LogP contribution in [0.1, 0.15) is 0 Å². The Hall–Kier alpha value is -2.10. The van der Waals surface area contributed by atoms with Crippen LogP contribution in [0.3, 0.4) is 0 Å². The predicted octanol–water partition coefficient (Wildman–Crippen LogP) is 1.06. The van der Waals surface area contributed by atoms with E-state index in [1.54, 1.807) is 42.5 Å². The van der Waals surface area contributed by atoms with Gasteiger partial charge >= 0.3 is 0 Å². The van der Waals surface area contributed by atoms with E-state index in [9.17, 15) is 21.9 Å². The number of nitrogens with one attached hydrogen (secondary N) is 2. The number of anilines is 2. The summed E-state index contributed by atoms with van der Waals surface area (Å²) in [6.45, 7) is 0. The molecule has 0 radical (unpaired) electrons. The van der Waals surface area contributed by atoms with E-state index in [1.165, 1.54) is 12.1 Å². The molecule has 0 saturated carbocycles. The van der Waals surface area contributed by atoms with Gasteiger partial charge in [-0.25, -0.2) is 16.8 Å². The van der Waals surface area contributed by atoms with Crippen molar-refractivity contribution in [1.82, 2.24) is 0 Å². The summed E-state index contributed by atoms with van der Waals surface area (Å²) >= 11 is 0. The second kappa shape index (κ2) is 6.66. The molecular weight excluding hydrogens is 364 g/mol. The highest BCUT2D eigenvalue weighted by atomic mass is 32.2. The molecule has 1 heterocycles. The normalized spacial score (nSPS) is 22.4. The number of rotatable bonds is 5. The van der Waals surface area contributed by atoms with Crippen molar-refractivity contribution in [3.05, 3.63) is 54.6 Å². The van der Waals surface area contributed by atoms with Crippen LogP contribution >= 0.6 is 0 Å². The quantitative estimate of drug-likeness (QED) is 0.713. The lowest BCUT2D eigenvalue weighted by Crippen LogP contribution is -2.31. The summed E-state index contributed by atoms with van der Waals surface area (Å²) < 4.78 is 50.0. The first-order chi connectivity index (χ1) is 11.8. The molecule has 1 fully saturated rings. The molecule has 0 amide bonds. The third-order valence-electron chi connectivity index (χ3n) is 3.87. The van der Waals surface area contributed by atoms with Gasteiger partial charge in [0.15, 0.2) is 9.84 Å². The van der Waals surface area contributed by atoms with Gasteiger partial charge in [0.2, 0.25) is 0 Å². The average molecular weight is 382 g/mol. The molecule has 0 unspecified atom stereocenters. The molecule has 1 aliphatic rings. The summed E-state index contributed by atoms with van der Waals surface area (Å²) in [7, 11) is -6.89. The molecule has 9 heteroatoms. The largest absolute Gasteiger partial charge is 0.390 e. The van der Waals surface area contributed by atoms with Crippen LogP contribution in [0.4, 0.5) is 11.4 Å². The molecule has 0 bridgehead atoms. The zero-order valence-corrected chi connectivity index (χ0v) is 14.8. The monoisotopic (exact) mass is 382 g/mol. The SMILES string of the molecule is O=S1(=O)C[C@H](O)[C@H](Nc2ccc(NS(=O)(=O)c3ccccc3)cc2)C1. The lowest BCUT2D eigenvalue weighted by molar-refractivity contribution is 0.190. The number of aliphatic hydroxyl groups excluding tert-OH is 1. The van der Waals surface area contributed by atoms with E-state index in [0.717, 1.165) is 0 Å². The van der Waals surface area contributed by atoms with E-state index in [-0.39, 0.29) is 16.4 Å². The van der Waals surface area contributed by atoms with Gasteiger partial charge < -0.3 is 10.4 Å². The Morgan fingerprint density at radius 1 is 0.920 bits per heavy atom. The van der Waals surface area contributed by atoms with Gasteiger partial charge in [0, 0.05) is 11.4 Å². The van der Waals surface area contributed by atoms with Gasteiger partial charge in [0.1, 0.15) is 0 Å². The first-order valence-corrected chi connectivity index (χ1v) is 10.9. The summed E-state index contributed by atoms with van der Waals surface area (Å²) in [5, 5.41) is 12.7. The second-order valence-electron chi connectivity index (χ2n) is 5.89. The van der Waals surface area contributed by atoms with Crippen LogP contribution in [-0.4, -0.2) is 45.6 Å². The minimum Gasteiger partial charge on any atom is -0.390 e. The van der Waals surface area contributed by atoms with Crippen LogP contribution < -0.4 is 10.0 Å². The van der Waals surface area contributed by atoms with E-state index in [4.69, 9.17) is 0 Å². The van der Waals surface area contributed by atoms with Crippen LogP contribution in [0.5, 0.6) is 0 Å². The molecule has 1 saturated heterocycles.